The Bertz CT molecular complexity index is 925. The molecule has 6 nitrogen and oxygen atoms in total. The molecule has 1 aromatic carbocycles. The number of ketones is 1. The molecule has 2 heterocycles. The fraction of sp³-hybridized carbons (Fsp3) is 0.167. The normalized spacial score (nSPS) is 10.7. The number of carbonyl (C=O) groups is 2. The third-order valence-corrected chi connectivity index (χ3v) is 4.26. The van der Waals surface area contributed by atoms with E-state index in [2.05, 4.69) is 31.4 Å². The Balaban J connectivity index is 1.97. The molecule has 0 atom stereocenters. The molecule has 0 unspecified atom stereocenters. The number of aryl methyl sites for hydroxylation is 1. The molecule has 3 rings (SSSR count). The van der Waals surface area contributed by atoms with Crippen molar-refractivity contribution < 1.29 is 14.1 Å². The van der Waals surface area contributed by atoms with E-state index >= 15 is 0 Å². The Morgan fingerprint density at radius 2 is 2.00 bits per heavy atom. The third-order valence-electron chi connectivity index (χ3n) is 3.73. The second kappa shape index (κ2) is 7.06. The maximum absolute atomic E-state index is 12.9. The zero-order chi connectivity index (χ0) is 18.0. The summed E-state index contributed by atoms with van der Waals surface area (Å²) >= 11 is 3.38. The number of aromatic amines is 1. The molecule has 128 valence electrons. The summed E-state index contributed by atoms with van der Waals surface area (Å²) in [5, 5.41) is 6.72. The van der Waals surface area contributed by atoms with Crippen LogP contribution in [0.3, 0.4) is 0 Å². The highest BCUT2D eigenvalue weighted by Gasteiger charge is 2.24. The third kappa shape index (κ3) is 3.41. The van der Waals surface area contributed by atoms with Crippen molar-refractivity contribution in [2.75, 3.05) is 6.54 Å². The van der Waals surface area contributed by atoms with Crippen molar-refractivity contribution in [3.63, 3.8) is 0 Å². The molecule has 0 aliphatic rings. The largest absolute Gasteiger partial charge is 0.360 e. The number of nitrogens with one attached hydrogen (secondary N) is 2. The second-order valence-electron chi connectivity index (χ2n) is 5.46. The summed E-state index contributed by atoms with van der Waals surface area (Å²) in [7, 11) is 0. The number of nitrogens with zero attached hydrogens (tertiary/aromatic N) is 1. The van der Waals surface area contributed by atoms with Gasteiger partial charge in [-0.2, -0.15) is 0 Å². The van der Waals surface area contributed by atoms with Gasteiger partial charge in [-0.05, 0) is 32.0 Å². The lowest BCUT2D eigenvalue weighted by Crippen LogP contribution is -2.22. The summed E-state index contributed by atoms with van der Waals surface area (Å²) in [6, 6.07) is 8.99. The molecule has 0 aliphatic heterocycles. The first-order valence-electron chi connectivity index (χ1n) is 7.74. The zero-order valence-electron chi connectivity index (χ0n) is 13.7. The van der Waals surface area contributed by atoms with Crippen LogP contribution >= 0.6 is 15.9 Å². The quantitative estimate of drug-likeness (QED) is 0.637. The maximum atomic E-state index is 12.9. The Labute approximate surface area is 152 Å². The lowest BCUT2D eigenvalue weighted by atomic mass is 9.99. The molecular weight excluding hydrogens is 386 g/mol. The molecule has 2 N–H and O–H groups in total. The maximum Gasteiger partial charge on any atom is 0.267 e. The van der Waals surface area contributed by atoms with Crippen LogP contribution in [0.25, 0.3) is 11.3 Å². The predicted octanol–water partition coefficient (Wildman–Crippen LogP) is 3.72. The lowest BCUT2D eigenvalue weighted by Gasteiger charge is -2.01. The highest BCUT2D eigenvalue weighted by atomic mass is 79.9. The van der Waals surface area contributed by atoms with Crippen molar-refractivity contribution in [3.05, 3.63) is 63.6 Å². The number of aromatic nitrogens is 2. The van der Waals surface area contributed by atoms with Crippen molar-refractivity contribution in [1.82, 2.24) is 15.5 Å². The molecule has 0 bridgehead atoms. The Hall–Kier alpha value is -2.67. The predicted molar refractivity (Wildman–Crippen MR) is 96.6 cm³/mol. The number of H-pyrrole nitrogens is 1. The zero-order valence-corrected chi connectivity index (χ0v) is 15.3. The summed E-state index contributed by atoms with van der Waals surface area (Å²) < 4.78 is 6.18. The number of halogens is 1. The monoisotopic (exact) mass is 401 g/mol. The number of rotatable bonds is 5. The van der Waals surface area contributed by atoms with E-state index in [1.165, 1.54) is 12.3 Å². The van der Waals surface area contributed by atoms with Gasteiger partial charge in [-0.3, -0.25) is 9.59 Å². The minimum atomic E-state index is -0.253. The van der Waals surface area contributed by atoms with Gasteiger partial charge in [0.15, 0.2) is 5.78 Å². The first-order chi connectivity index (χ1) is 12.0. The molecule has 2 aromatic heterocycles. The van der Waals surface area contributed by atoms with Crippen LogP contribution in [0.1, 0.15) is 39.1 Å². The van der Waals surface area contributed by atoms with E-state index in [9.17, 15) is 9.59 Å². The molecule has 1 amide bonds. The van der Waals surface area contributed by atoms with E-state index in [1.807, 2.05) is 31.2 Å². The number of carbonyl (C=O) groups excluding carboxylic acids is 2. The number of benzene rings is 1. The van der Waals surface area contributed by atoms with E-state index in [0.29, 0.717) is 34.8 Å². The Morgan fingerprint density at radius 1 is 1.28 bits per heavy atom. The molecule has 0 aliphatic carbocycles. The van der Waals surface area contributed by atoms with Gasteiger partial charge in [0.25, 0.3) is 5.91 Å². The van der Waals surface area contributed by atoms with E-state index in [-0.39, 0.29) is 11.7 Å². The number of hydrogen-bond donors (Lipinski definition) is 2. The van der Waals surface area contributed by atoms with E-state index < -0.39 is 0 Å². The molecule has 0 radical (unpaired) electrons. The van der Waals surface area contributed by atoms with Crippen molar-refractivity contribution in [2.45, 2.75) is 13.8 Å². The van der Waals surface area contributed by atoms with Crippen LogP contribution in [0.15, 0.2) is 45.5 Å². The molecule has 3 aromatic rings. The van der Waals surface area contributed by atoms with Crippen molar-refractivity contribution in [1.29, 1.82) is 0 Å². The smallest absolute Gasteiger partial charge is 0.267 e. The minimum Gasteiger partial charge on any atom is -0.360 e. The summed E-state index contributed by atoms with van der Waals surface area (Å²) in [5.41, 5.74) is 2.37. The fourth-order valence-corrected chi connectivity index (χ4v) is 2.77. The Kier molecular flexibility index (Phi) is 4.85. The molecule has 0 fully saturated rings. The Morgan fingerprint density at radius 3 is 2.68 bits per heavy atom. The average Bonchev–Trinajstić information content (AvgIpc) is 3.22. The molecule has 0 saturated heterocycles. The van der Waals surface area contributed by atoms with Gasteiger partial charge < -0.3 is 14.8 Å². The van der Waals surface area contributed by atoms with Crippen LogP contribution in [0.5, 0.6) is 0 Å². The van der Waals surface area contributed by atoms with Crippen LogP contribution in [-0.2, 0) is 0 Å². The van der Waals surface area contributed by atoms with Gasteiger partial charge in [0.05, 0.1) is 5.56 Å². The van der Waals surface area contributed by atoms with Gasteiger partial charge in [-0.15, -0.1) is 0 Å². The second-order valence-corrected chi connectivity index (χ2v) is 6.38. The van der Waals surface area contributed by atoms with Crippen molar-refractivity contribution in [2.24, 2.45) is 0 Å². The molecule has 25 heavy (non-hydrogen) atoms. The lowest BCUT2D eigenvalue weighted by molar-refractivity contribution is 0.0951. The summed E-state index contributed by atoms with van der Waals surface area (Å²) in [6.07, 6.45) is 1.52. The van der Waals surface area contributed by atoms with Crippen molar-refractivity contribution in [3.8, 4) is 11.3 Å². The van der Waals surface area contributed by atoms with Crippen molar-refractivity contribution >= 4 is 27.6 Å². The minimum absolute atomic E-state index is 0.247. The van der Waals surface area contributed by atoms with E-state index in [1.54, 1.807) is 6.92 Å². The SMILES string of the molecule is CCNC(=O)c1cc(C(=O)c2c(-c3ccc(Br)cc3)noc2C)c[nH]1. The van der Waals surface area contributed by atoms with E-state index in [0.717, 1.165) is 10.0 Å². The summed E-state index contributed by atoms with van der Waals surface area (Å²) in [5.74, 6) is -0.0659. The summed E-state index contributed by atoms with van der Waals surface area (Å²) in [6.45, 7) is 4.04. The van der Waals surface area contributed by atoms with E-state index in [4.69, 9.17) is 4.52 Å². The first kappa shape index (κ1) is 17.2. The fourth-order valence-electron chi connectivity index (χ4n) is 2.50. The molecule has 0 spiro atoms. The van der Waals surface area contributed by atoms with Crippen LogP contribution in [-0.4, -0.2) is 28.4 Å². The van der Waals surface area contributed by atoms with Crippen LogP contribution in [0.2, 0.25) is 0 Å². The van der Waals surface area contributed by atoms with Gasteiger partial charge in [0.2, 0.25) is 0 Å². The van der Waals surface area contributed by atoms with Gasteiger partial charge in [-0.25, -0.2) is 0 Å². The molecular formula is C18H16BrN3O3. The first-order valence-corrected chi connectivity index (χ1v) is 8.54. The van der Waals surface area contributed by atoms with Crippen LogP contribution in [0, 0.1) is 6.92 Å². The van der Waals surface area contributed by atoms with Gasteiger partial charge >= 0.3 is 0 Å². The average molecular weight is 402 g/mol. The standard InChI is InChI=1S/C18H16BrN3O3/c1-3-20-18(24)14-8-12(9-21-14)17(23)15-10(2)25-22-16(15)11-4-6-13(19)7-5-11/h4-9,21H,3H2,1-2H3,(H,20,24). The summed E-state index contributed by atoms with van der Waals surface area (Å²) in [4.78, 5) is 27.6. The van der Waals surface area contributed by atoms with Gasteiger partial charge in [0.1, 0.15) is 17.1 Å². The van der Waals surface area contributed by atoms with Crippen LogP contribution in [0.4, 0.5) is 0 Å². The topological polar surface area (TPSA) is 88.0 Å². The number of hydrogen-bond acceptors (Lipinski definition) is 4. The molecule has 0 saturated carbocycles. The number of amides is 1. The van der Waals surface area contributed by atoms with Crippen LogP contribution < -0.4 is 5.32 Å². The van der Waals surface area contributed by atoms with Gasteiger partial charge in [-0.1, -0.05) is 33.2 Å². The highest BCUT2D eigenvalue weighted by molar-refractivity contribution is 9.10. The highest BCUT2D eigenvalue weighted by Crippen LogP contribution is 2.28. The molecule has 7 heteroatoms. The van der Waals surface area contributed by atoms with Gasteiger partial charge in [0, 0.05) is 28.3 Å².